The molecule has 0 radical (unpaired) electrons. The molecule has 3 N–H and O–H groups in total. The molecule has 0 rings (SSSR count). The van der Waals surface area contributed by atoms with Crippen LogP contribution in [0.5, 0.6) is 0 Å². The second kappa shape index (κ2) is 66.3. The fraction of sp³-hybridized carbons (Fsp3) is 0.945. The van der Waals surface area contributed by atoms with Crippen LogP contribution in [0, 0.1) is 5.92 Å². The van der Waals surface area contributed by atoms with E-state index >= 15 is 0 Å². The number of rotatable bonds is 73. The van der Waals surface area contributed by atoms with Gasteiger partial charge in [0.05, 0.1) is 26.4 Å². The lowest BCUT2D eigenvalue weighted by Crippen LogP contribution is -2.30. The van der Waals surface area contributed by atoms with Crippen LogP contribution in [0.4, 0.5) is 0 Å². The number of unbranched alkanes of at least 4 members (excludes halogenated alkanes) is 45. The Morgan fingerprint density at radius 1 is 0.293 bits per heavy atom. The smallest absolute Gasteiger partial charge is 0.462 e. The van der Waals surface area contributed by atoms with Gasteiger partial charge in [0.2, 0.25) is 0 Å². The van der Waals surface area contributed by atoms with Crippen molar-refractivity contribution in [3.8, 4) is 0 Å². The van der Waals surface area contributed by atoms with Crippen molar-refractivity contribution in [1.82, 2.24) is 0 Å². The molecule has 0 aliphatic heterocycles. The Morgan fingerprint density at radius 3 is 0.739 bits per heavy atom. The van der Waals surface area contributed by atoms with Crippen molar-refractivity contribution in [2.45, 2.75) is 400 Å². The third-order valence-electron chi connectivity index (χ3n) is 17.0. The summed E-state index contributed by atoms with van der Waals surface area (Å²) in [5, 5.41) is 10.6. The van der Waals surface area contributed by atoms with Crippen LogP contribution in [0.2, 0.25) is 0 Å². The van der Waals surface area contributed by atoms with E-state index in [0.29, 0.717) is 31.6 Å². The zero-order valence-corrected chi connectivity index (χ0v) is 61.5. The Bertz CT molecular complexity index is 1770. The summed E-state index contributed by atoms with van der Waals surface area (Å²) in [5.41, 5.74) is 0. The number of aliphatic hydroxyl groups is 1. The Hall–Kier alpha value is -1.94. The first kappa shape index (κ1) is 90.1. The SMILES string of the molecule is CCCCCCCCCCCCCCCCCCCCC(=O)O[C@H](COC(=O)CCCCCCCCCCCCCCCCC)COP(=O)(O)OC[C@@H](O)COP(=O)(O)OC[C@@H](COC(=O)CCCCCCCCCCC)OC(=O)CCCCCCCCCC(C)C. The largest absolute Gasteiger partial charge is 0.472 e. The first-order valence-corrected chi connectivity index (χ1v) is 41.1. The van der Waals surface area contributed by atoms with Crippen LogP contribution in [0.25, 0.3) is 0 Å². The van der Waals surface area contributed by atoms with Crippen molar-refractivity contribution in [2.75, 3.05) is 39.6 Å². The first-order chi connectivity index (χ1) is 44.5. The number of phosphoric acid groups is 2. The molecule has 0 aromatic rings. The summed E-state index contributed by atoms with van der Waals surface area (Å²) in [6.45, 7) is 7.19. The quantitative estimate of drug-likeness (QED) is 0.0222. The second-order valence-electron chi connectivity index (χ2n) is 26.8. The molecular weight excluding hydrogens is 1210 g/mol. The van der Waals surface area contributed by atoms with Crippen LogP contribution in [0.15, 0.2) is 0 Å². The Labute approximate surface area is 562 Å². The predicted molar refractivity (Wildman–Crippen MR) is 372 cm³/mol. The van der Waals surface area contributed by atoms with Gasteiger partial charge in [0.1, 0.15) is 19.3 Å². The average Bonchev–Trinajstić information content (AvgIpc) is 2.79. The maximum Gasteiger partial charge on any atom is 0.472 e. The van der Waals surface area contributed by atoms with E-state index in [1.165, 1.54) is 205 Å². The van der Waals surface area contributed by atoms with Crippen LogP contribution in [0.1, 0.15) is 381 Å². The molecule has 0 spiro atoms. The molecule has 546 valence electrons. The van der Waals surface area contributed by atoms with Crippen molar-refractivity contribution < 1.29 is 80.2 Å². The van der Waals surface area contributed by atoms with Gasteiger partial charge in [-0.3, -0.25) is 37.3 Å². The molecule has 0 bridgehead atoms. The molecule has 17 nitrogen and oxygen atoms in total. The monoisotopic (exact) mass is 1350 g/mol. The second-order valence-corrected chi connectivity index (χ2v) is 29.7. The number of carbonyl (C=O) groups excluding carboxylic acids is 4. The van der Waals surface area contributed by atoms with Gasteiger partial charge in [0.15, 0.2) is 12.2 Å². The summed E-state index contributed by atoms with van der Waals surface area (Å²) in [7, 11) is -9.90. The van der Waals surface area contributed by atoms with E-state index in [2.05, 4.69) is 34.6 Å². The standard InChI is InChI=1S/C73H142O17P2/c1-6-9-12-15-18-21-23-25-27-28-29-31-33-35-38-43-48-53-58-72(77)89-68(62-84-71(76)57-52-47-42-37-34-32-30-26-24-22-19-16-13-10-7-2)64-87-91(79,80)85-60-67(74)61-86-92(81,82)88-65-69(63-83-70(75)56-51-46-41-36-20-17-14-11-8-3)90-73(78)59-54-49-44-39-40-45-50-55-66(4)5/h66-69,74H,6-65H2,1-5H3,(H,79,80)(H,81,82)/t67-,68-,69-/m1/s1. The van der Waals surface area contributed by atoms with E-state index in [-0.39, 0.29) is 25.7 Å². The van der Waals surface area contributed by atoms with Gasteiger partial charge in [-0.2, -0.15) is 0 Å². The highest BCUT2D eigenvalue weighted by Gasteiger charge is 2.30. The van der Waals surface area contributed by atoms with E-state index in [4.69, 9.17) is 37.0 Å². The van der Waals surface area contributed by atoms with Gasteiger partial charge in [-0.25, -0.2) is 9.13 Å². The fourth-order valence-corrected chi connectivity index (χ4v) is 12.8. The van der Waals surface area contributed by atoms with Gasteiger partial charge >= 0.3 is 39.5 Å². The lowest BCUT2D eigenvalue weighted by Gasteiger charge is -2.21. The molecule has 0 fully saturated rings. The lowest BCUT2D eigenvalue weighted by molar-refractivity contribution is -0.161. The van der Waals surface area contributed by atoms with Crippen molar-refractivity contribution in [1.29, 1.82) is 0 Å². The molecule has 0 saturated heterocycles. The molecule has 0 aromatic heterocycles. The molecule has 5 atom stereocenters. The zero-order chi connectivity index (χ0) is 67.7. The van der Waals surface area contributed by atoms with E-state index in [0.717, 1.165) is 89.9 Å². The maximum atomic E-state index is 13.1. The number of carbonyl (C=O) groups is 4. The molecule has 0 aliphatic carbocycles. The van der Waals surface area contributed by atoms with Crippen molar-refractivity contribution in [3.05, 3.63) is 0 Å². The van der Waals surface area contributed by atoms with E-state index < -0.39 is 97.5 Å². The molecule has 0 amide bonds. The topological polar surface area (TPSA) is 237 Å². The minimum absolute atomic E-state index is 0.104. The summed E-state index contributed by atoms with van der Waals surface area (Å²) >= 11 is 0. The van der Waals surface area contributed by atoms with Crippen LogP contribution < -0.4 is 0 Å². The van der Waals surface area contributed by atoms with E-state index in [1.54, 1.807) is 0 Å². The Balaban J connectivity index is 5.21. The molecule has 92 heavy (non-hydrogen) atoms. The van der Waals surface area contributed by atoms with Crippen LogP contribution in [-0.4, -0.2) is 96.7 Å². The van der Waals surface area contributed by atoms with Crippen molar-refractivity contribution >= 4 is 39.5 Å². The molecule has 19 heteroatoms. The summed E-state index contributed by atoms with van der Waals surface area (Å²) in [4.78, 5) is 72.6. The van der Waals surface area contributed by atoms with Crippen LogP contribution >= 0.6 is 15.6 Å². The third-order valence-corrected chi connectivity index (χ3v) is 18.9. The predicted octanol–water partition coefficient (Wildman–Crippen LogP) is 21.3. The van der Waals surface area contributed by atoms with Crippen molar-refractivity contribution in [2.24, 2.45) is 5.92 Å². The highest BCUT2D eigenvalue weighted by atomic mass is 31.2. The minimum Gasteiger partial charge on any atom is -0.462 e. The minimum atomic E-state index is -4.95. The van der Waals surface area contributed by atoms with Gasteiger partial charge in [0, 0.05) is 25.7 Å². The zero-order valence-electron chi connectivity index (χ0n) is 59.7. The molecule has 0 heterocycles. The highest BCUT2D eigenvalue weighted by molar-refractivity contribution is 7.47. The third kappa shape index (κ3) is 66.7. The van der Waals surface area contributed by atoms with Crippen LogP contribution in [-0.2, 0) is 65.4 Å². The number of hydrogen-bond acceptors (Lipinski definition) is 15. The average molecular weight is 1350 g/mol. The Kier molecular flexibility index (Phi) is 64.9. The number of phosphoric ester groups is 2. The maximum absolute atomic E-state index is 13.1. The lowest BCUT2D eigenvalue weighted by atomic mass is 10.0. The van der Waals surface area contributed by atoms with E-state index in [9.17, 15) is 43.2 Å². The number of hydrogen-bond donors (Lipinski definition) is 3. The van der Waals surface area contributed by atoms with Gasteiger partial charge in [-0.15, -0.1) is 0 Å². The summed E-state index contributed by atoms with van der Waals surface area (Å²) in [5.74, 6) is -1.42. The fourth-order valence-electron chi connectivity index (χ4n) is 11.2. The molecule has 0 aromatic carbocycles. The molecule has 0 saturated carbocycles. The molecule has 2 unspecified atom stereocenters. The number of ether oxygens (including phenoxy) is 4. The first-order valence-electron chi connectivity index (χ1n) is 38.1. The van der Waals surface area contributed by atoms with Crippen LogP contribution in [0.3, 0.4) is 0 Å². The Morgan fingerprint density at radius 2 is 0.500 bits per heavy atom. The van der Waals surface area contributed by atoms with Gasteiger partial charge < -0.3 is 33.8 Å². The normalized spacial score (nSPS) is 14.0. The molecule has 0 aliphatic rings. The molecular formula is C73H142O17P2. The number of esters is 4. The van der Waals surface area contributed by atoms with Gasteiger partial charge in [-0.05, 0) is 31.6 Å². The number of aliphatic hydroxyl groups excluding tert-OH is 1. The highest BCUT2D eigenvalue weighted by Crippen LogP contribution is 2.45. The van der Waals surface area contributed by atoms with Gasteiger partial charge in [-0.1, -0.05) is 330 Å². The van der Waals surface area contributed by atoms with Gasteiger partial charge in [0.25, 0.3) is 0 Å². The summed E-state index contributed by atoms with van der Waals surface area (Å²) in [6.07, 6.45) is 54.2. The van der Waals surface area contributed by atoms with Crippen molar-refractivity contribution in [3.63, 3.8) is 0 Å². The summed E-state index contributed by atoms with van der Waals surface area (Å²) in [6, 6.07) is 0. The van der Waals surface area contributed by atoms with E-state index in [1.807, 2.05) is 0 Å². The summed E-state index contributed by atoms with van der Waals surface area (Å²) < 4.78 is 68.3.